The molecule has 202 valence electrons. The van der Waals surface area contributed by atoms with Gasteiger partial charge >= 0.3 is 0 Å². The summed E-state index contributed by atoms with van der Waals surface area (Å²) in [5, 5.41) is 2.66. The maximum absolute atomic E-state index is 13.4. The molecular formula is C28H26IN3O5S2. The van der Waals surface area contributed by atoms with Crippen LogP contribution in [0.15, 0.2) is 107 Å². The van der Waals surface area contributed by atoms with Crippen molar-refractivity contribution in [3.05, 3.63) is 112 Å². The topological polar surface area (TPSA) is 113 Å². The molecule has 0 saturated carbocycles. The van der Waals surface area contributed by atoms with Gasteiger partial charge in [-0.2, -0.15) is 0 Å². The van der Waals surface area contributed by atoms with Crippen molar-refractivity contribution < 1.29 is 21.6 Å². The second kappa shape index (κ2) is 11.8. The monoisotopic (exact) mass is 675 g/mol. The highest BCUT2D eigenvalue weighted by Crippen LogP contribution is 2.25. The van der Waals surface area contributed by atoms with E-state index in [2.05, 4.69) is 32.6 Å². The summed E-state index contributed by atoms with van der Waals surface area (Å²) in [5.41, 5.74) is 2.96. The number of hydrogen-bond donors (Lipinski definition) is 2. The van der Waals surface area contributed by atoms with Crippen molar-refractivity contribution in [2.45, 2.75) is 23.6 Å². The molecule has 0 fully saturated rings. The fourth-order valence-corrected chi connectivity index (χ4v) is 6.75. The Balaban J connectivity index is 1.52. The van der Waals surface area contributed by atoms with Crippen LogP contribution in [0.3, 0.4) is 0 Å². The summed E-state index contributed by atoms with van der Waals surface area (Å²) < 4.78 is 57.1. The third-order valence-corrected chi connectivity index (χ3v) is 9.70. The Morgan fingerprint density at radius 1 is 0.795 bits per heavy atom. The molecule has 4 aromatic carbocycles. The maximum Gasteiger partial charge on any atom is 0.264 e. The van der Waals surface area contributed by atoms with Crippen molar-refractivity contribution in [3.8, 4) is 0 Å². The fraction of sp³-hybridized carbons (Fsp3) is 0.107. The third kappa shape index (κ3) is 6.97. The van der Waals surface area contributed by atoms with E-state index in [0.717, 1.165) is 19.0 Å². The lowest BCUT2D eigenvalue weighted by atomic mass is 10.1. The Morgan fingerprint density at radius 2 is 1.44 bits per heavy atom. The SMILES string of the molecule is Cc1ccc(NS(=O)(=O)c2ccc(NC(=O)CN(c3ccc(I)cc3)S(=O)(=O)c3ccccc3)cc2)c(C)c1. The van der Waals surface area contributed by atoms with Gasteiger partial charge in [0.15, 0.2) is 0 Å². The van der Waals surface area contributed by atoms with Crippen molar-refractivity contribution in [1.82, 2.24) is 0 Å². The van der Waals surface area contributed by atoms with Gasteiger partial charge in [-0.3, -0.25) is 13.8 Å². The van der Waals surface area contributed by atoms with Gasteiger partial charge in [-0.15, -0.1) is 0 Å². The van der Waals surface area contributed by atoms with Gasteiger partial charge < -0.3 is 5.32 Å². The number of anilines is 3. The Bertz CT molecular complexity index is 1690. The van der Waals surface area contributed by atoms with Gasteiger partial charge in [-0.05, 0) is 109 Å². The minimum Gasteiger partial charge on any atom is -0.325 e. The maximum atomic E-state index is 13.4. The van der Waals surface area contributed by atoms with Gasteiger partial charge in [-0.1, -0.05) is 35.9 Å². The van der Waals surface area contributed by atoms with Crippen LogP contribution >= 0.6 is 22.6 Å². The average molecular weight is 676 g/mol. The van der Waals surface area contributed by atoms with Gasteiger partial charge in [-0.25, -0.2) is 16.8 Å². The van der Waals surface area contributed by atoms with Crippen LogP contribution in [0, 0.1) is 17.4 Å². The Hall–Kier alpha value is -3.42. The summed E-state index contributed by atoms with van der Waals surface area (Å²) in [6.45, 7) is 3.27. The number of nitrogens with one attached hydrogen (secondary N) is 2. The minimum absolute atomic E-state index is 0.0210. The van der Waals surface area contributed by atoms with Crippen LogP contribution in [-0.2, 0) is 24.8 Å². The first-order valence-electron chi connectivity index (χ1n) is 11.8. The van der Waals surface area contributed by atoms with E-state index in [-0.39, 0.29) is 9.79 Å². The molecule has 0 aliphatic heterocycles. The van der Waals surface area contributed by atoms with Crippen LogP contribution in [0.25, 0.3) is 0 Å². The third-order valence-electron chi connectivity index (χ3n) is 5.81. The summed E-state index contributed by atoms with van der Waals surface area (Å²) in [6.07, 6.45) is 0. The first-order chi connectivity index (χ1) is 18.5. The Kier molecular flexibility index (Phi) is 8.62. The Labute approximate surface area is 242 Å². The van der Waals surface area contributed by atoms with Crippen LogP contribution in [0.5, 0.6) is 0 Å². The molecule has 0 aromatic heterocycles. The zero-order chi connectivity index (χ0) is 28.2. The van der Waals surface area contributed by atoms with Gasteiger partial charge in [0.1, 0.15) is 6.54 Å². The zero-order valence-electron chi connectivity index (χ0n) is 21.1. The molecular weight excluding hydrogens is 649 g/mol. The number of rotatable bonds is 9. The minimum atomic E-state index is -4.03. The van der Waals surface area contributed by atoms with Crippen molar-refractivity contribution in [3.63, 3.8) is 0 Å². The number of amides is 1. The summed E-state index contributed by atoms with van der Waals surface area (Å²) >= 11 is 2.12. The van der Waals surface area contributed by atoms with Crippen molar-refractivity contribution in [2.75, 3.05) is 20.9 Å². The standard InChI is InChI=1S/C28H26IN3O5S2/c1-20-8-17-27(21(2)18-20)31-38(34,35)25-15-11-23(12-16-25)30-28(33)19-32(24-13-9-22(29)10-14-24)39(36,37)26-6-4-3-5-7-26/h3-18,31H,19H2,1-2H3,(H,30,33). The number of sulfonamides is 2. The normalized spacial score (nSPS) is 11.6. The molecule has 39 heavy (non-hydrogen) atoms. The molecule has 0 saturated heterocycles. The highest BCUT2D eigenvalue weighted by Gasteiger charge is 2.27. The van der Waals surface area contributed by atoms with E-state index < -0.39 is 32.5 Å². The van der Waals surface area contributed by atoms with E-state index in [1.165, 1.54) is 36.4 Å². The van der Waals surface area contributed by atoms with E-state index in [4.69, 9.17) is 0 Å². The molecule has 0 atom stereocenters. The van der Waals surface area contributed by atoms with Crippen LogP contribution in [0.4, 0.5) is 17.1 Å². The second-order valence-corrected chi connectivity index (χ2v) is 13.6. The number of benzene rings is 4. The number of aryl methyl sites for hydroxylation is 2. The number of hydrogen-bond acceptors (Lipinski definition) is 5. The number of carbonyl (C=O) groups is 1. The molecule has 8 nitrogen and oxygen atoms in total. The first-order valence-corrected chi connectivity index (χ1v) is 15.8. The van der Waals surface area contributed by atoms with Crippen molar-refractivity contribution in [2.24, 2.45) is 0 Å². The first kappa shape index (κ1) is 28.6. The van der Waals surface area contributed by atoms with E-state index in [0.29, 0.717) is 17.1 Å². The molecule has 2 N–H and O–H groups in total. The average Bonchev–Trinajstić information content (AvgIpc) is 2.90. The lowest BCUT2D eigenvalue weighted by Crippen LogP contribution is -2.38. The van der Waals surface area contributed by atoms with Crippen LogP contribution < -0.4 is 14.3 Å². The second-order valence-electron chi connectivity index (χ2n) is 8.80. The molecule has 0 radical (unpaired) electrons. The summed E-state index contributed by atoms with van der Waals surface area (Å²) in [5.74, 6) is -0.586. The summed E-state index contributed by atoms with van der Waals surface area (Å²) in [6, 6.07) is 25.7. The molecule has 11 heteroatoms. The van der Waals surface area contributed by atoms with Crippen LogP contribution in [-0.4, -0.2) is 29.3 Å². The molecule has 0 aliphatic rings. The predicted octanol–water partition coefficient (Wildman–Crippen LogP) is 5.54. The van der Waals surface area contributed by atoms with Gasteiger partial charge in [0.2, 0.25) is 5.91 Å². The van der Waals surface area contributed by atoms with E-state index in [9.17, 15) is 21.6 Å². The summed E-state index contributed by atoms with van der Waals surface area (Å²) in [4.78, 5) is 13.1. The fourth-order valence-electron chi connectivity index (χ4n) is 3.82. The Morgan fingerprint density at radius 3 is 2.05 bits per heavy atom. The van der Waals surface area contributed by atoms with Crippen molar-refractivity contribution in [1.29, 1.82) is 0 Å². The highest BCUT2D eigenvalue weighted by molar-refractivity contribution is 14.1. The molecule has 0 aliphatic carbocycles. The van der Waals surface area contributed by atoms with Crippen LogP contribution in [0.2, 0.25) is 0 Å². The smallest absolute Gasteiger partial charge is 0.264 e. The molecule has 0 heterocycles. The zero-order valence-corrected chi connectivity index (χ0v) is 24.9. The lowest BCUT2D eigenvalue weighted by Gasteiger charge is -2.24. The quantitative estimate of drug-likeness (QED) is 0.226. The van der Waals surface area contributed by atoms with E-state index in [1.54, 1.807) is 48.5 Å². The van der Waals surface area contributed by atoms with Crippen molar-refractivity contribution >= 4 is 65.6 Å². The molecule has 0 spiro atoms. The van der Waals surface area contributed by atoms with Gasteiger partial charge in [0.25, 0.3) is 20.0 Å². The number of nitrogens with zero attached hydrogens (tertiary/aromatic N) is 1. The largest absolute Gasteiger partial charge is 0.325 e. The molecule has 1 amide bonds. The predicted molar refractivity (Wildman–Crippen MR) is 162 cm³/mol. The highest BCUT2D eigenvalue weighted by atomic mass is 127. The lowest BCUT2D eigenvalue weighted by molar-refractivity contribution is -0.114. The number of carbonyl (C=O) groups excluding carboxylic acids is 1. The van der Waals surface area contributed by atoms with E-state index in [1.807, 2.05) is 26.0 Å². The molecule has 4 aromatic rings. The number of halogens is 1. The molecule has 0 bridgehead atoms. The van der Waals surface area contributed by atoms with Gasteiger partial charge in [0, 0.05) is 9.26 Å². The van der Waals surface area contributed by atoms with E-state index >= 15 is 0 Å². The molecule has 4 rings (SSSR count). The molecule has 0 unspecified atom stereocenters. The van der Waals surface area contributed by atoms with Crippen LogP contribution in [0.1, 0.15) is 11.1 Å². The summed E-state index contributed by atoms with van der Waals surface area (Å²) in [7, 11) is -7.89. The van der Waals surface area contributed by atoms with Gasteiger partial charge in [0.05, 0.1) is 21.2 Å².